The summed E-state index contributed by atoms with van der Waals surface area (Å²) in [6.07, 6.45) is 5.45. The molecule has 0 spiro atoms. The van der Waals surface area contributed by atoms with E-state index in [9.17, 15) is 14.7 Å². The second-order valence-corrected chi connectivity index (χ2v) is 8.11. The molecule has 146 valence electrons. The van der Waals surface area contributed by atoms with Gasteiger partial charge in [0.2, 0.25) is 5.88 Å². The molecule has 0 atom stereocenters. The normalized spacial score (nSPS) is 14.1. The number of carbonyl (C=O) groups is 1. The van der Waals surface area contributed by atoms with Crippen molar-refractivity contribution in [3.8, 4) is 5.88 Å². The number of carbonyl (C=O) groups excluding carboxylic acids is 1. The second kappa shape index (κ2) is 6.93. The monoisotopic (exact) mass is 407 g/mol. The lowest BCUT2D eigenvalue weighted by molar-refractivity contribution is -0.118. The Kier molecular flexibility index (Phi) is 4.24. The highest BCUT2D eigenvalue weighted by atomic mass is 32.1. The Labute approximate surface area is 168 Å². The molecule has 0 unspecified atom stereocenters. The van der Waals surface area contributed by atoms with Crippen LogP contribution < -0.4 is 5.56 Å². The number of hydrogen-bond acceptors (Lipinski definition) is 6. The molecule has 3 aromatic heterocycles. The van der Waals surface area contributed by atoms with Gasteiger partial charge < -0.3 is 10.1 Å². The van der Waals surface area contributed by atoms with Gasteiger partial charge in [0, 0.05) is 10.3 Å². The van der Waals surface area contributed by atoms with E-state index in [4.69, 9.17) is 0 Å². The first-order chi connectivity index (χ1) is 14.1. The molecule has 9 heteroatoms. The molecule has 5 rings (SSSR count). The van der Waals surface area contributed by atoms with Gasteiger partial charge in [0.05, 0.1) is 17.2 Å². The first-order valence-corrected chi connectivity index (χ1v) is 10.2. The molecule has 1 aliphatic carbocycles. The van der Waals surface area contributed by atoms with Crippen LogP contribution in [-0.4, -0.2) is 25.5 Å². The fourth-order valence-electron chi connectivity index (χ4n) is 3.79. The zero-order valence-corrected chi connectivity index (χ0v) is 16.2. The summed E-state index contributed by atoms with van der Waals surface area (Å²) in [4.78, 5) is 34.4. The summed E-state index contributed by atoms with van der Waals surface area (Å²) in [5.74, 6) is -0.755. The number of aromatic hydroxyl groups is 1. The fourth-order valence-corrected chi connectivity index (χ4v) is 5.01. The fraction of sp³-hybridized carbons (Fsp3) is 0.250. The van der Waals surface area contributed by atoms with Crippen molar-refractivity contribution in [1.29, 1.82) is 0 Å². The number of para-hydroxylation sites is 1. The van der Waals surface area contributed by atoms with Gasteiger partial charge in [-0.05, 0) is 37.3 Å². The van der Waals surface area contributed by atoms with Crippen molar-refractivity contribution in [3.05, 3.63) is 51.4 Å². The van der Waals surface area contributed by atoms with E-state index in [1.807, 2.05) is 6.07 Å². The Balaban J connectivity index is 1.44. The summed E-state index contributed by atoms with van der Waals surface area (Å²) < 4.78 is 1.28. The number of nitrogens with one attached hydrogen (secondary N) is 1. The minimum Gasteiger partial charge on any atom is -0.493 e. The van der Waals surface area contributed by atoms with Crippen LogP contribution in [0, 0.1) is 0 Å². The number of nitrogens with zero attached hydrogens (tertiary/aromatic N) is 4. The molecule has 0 fully saturated rings. The number of aryl methyl sites for hydroxylation is 2. The predicted octanol–water partition coefficient (Wildman–Crippen LogP) is 3.83. The summed E-state index contributed by atoms with van der Waals surface area (Å²) in [6, 6.07) is 7.19. The van der Waals surface area contributed by atoms with E-state index >= 15 is 0 Å². The SMILES string of the molecule is O=C(Cn1cnc2sc3c(c2c1=O)CCCC3)N=Nc1c(O)[nH]c2ccccc12. The van der Waals surface area contributed by atoms with Gasteiger partial charge >= 0.3 is 0 Å². The van der Waals surface area contributed by atoms with Gasteiger partial charge in [-0.2, -0.15) is 0 Å². The lowest BCUT2D eigenvalue weighted by atomic mass is 9.97. The lowest BCUT2D eigenvalue weighted by Crippen LogP contribution is -2.24. The Morgan fingerprint density at radius 1 is 1.28 bits per heavy atom. The van der Waals surface area contributed by atoms with Crippen LogP contribution in [0.4, 0.5) is 5.69 Å². The van der Waals surface area contributed by atoms with E-state index < -0.39 is 5.91 Å². The van der Waals surface area contributed by atoms with Crippen molar-refractivity contribution in [1.82, 2.24) is 14.5 Å². The molecule has 1 amide bonds. The Hall–Kier alpha value is -3.33. The number of benzene rings is 1. The van der Waals surface area contributed by atoms with Crippen molar-refractivity contribution in [2.24, 2.45) is 10.2 Å². The second-order valence-electron chi connectivity index (χ2n) is 7.03. The molecule has 0 saturated heterocycles. The minimum absolute atomic E-state index is 0.159. The molecular weight excluding hydrogens is 390 g/mol. The molecule has 29 heavy (non-hydrogen) atoms. The van der Waals surface area contributed by atoms with E-state index in [-0.39, 0.29) is 23.7 Å². The minimum atomic E-state index is -0.595. The molecular formula is C20H17N5O3S. The van der Waals surface area contributed by atoms with Gasteiger partial charge in [-0.1, -0.05) is 18.2 Å². The Morgan fingerprint density at radius 3 is 3.00 bits per heavy atom. The van der Waals surface area contributed by atoms with Crippen LogP contribution in [0.5, 0.6) is 5.88 Å². The topological polar surface area (TPSA) is 113 Å². The maximum Gasteiger partial charge on any atom is 0.284 e. The molecule has 0 aliphatic heterocycles. The van der Waals surface area contributed by atoms with Gasteiger partial charge in [0.15, 0.2) is 5.69 Å². The summed E-state index contributed by atoms with van der Waals surface area (Å²) in [5.41, 5.74) is 1.76. The van der Waals surface area contributed by atoms with Crippen molar-refractivity contribution < 1.29 is 9.90 Å². The van der Waals surface area contributed by atoms with Crippen LogP contribution in [0.1, 0.15) is 23.3 Å². The maximum atomic E-state index is 12.9. The van der Waals surface area contributed by atoms with E-state index in [2.05, 4.69) is 20.2 Å². The number of H-pyrrole nitrogens is 1. The molecule has 0 saturated carbocycles. The van der Waals surface area contributed by atoms with E-state index in [1.54, 1.807) is 29.5 Å². The molecule has 3 heterocycles. The van der Waals surface area contributed by atoms with Gasteiger partial charge in [0.25, 0.3) is 11.5 Å². The number of thiophene rings is 1. The first kappa shape index (κ1) is 17.7. The van der Waals surface area contributed by atoms with Crippen LogP contribution >= 0.6 is 11.3 Å². The van der Waals surface area contributed by atoms with Crippen LogP contribution in [0.25, 0.3) is 21.1 Å². The average molecular weight is 407 g/mol. The molecule has 1 aromatic carbocycles. The zero-order chi connectivity index (χ0) is 20.0. The van der Waals surface area contributed by atoms with Gasteiger partial charge in [-0.3, -0.25) is 14.2 Å². The highest BCUT2D eigenvalue weighted by molar-refractivity contribution is 7.18. The summed E-state index contributed by atoms with van der Waals surface area (Å²) in [7, 11) is 0. The molecule has 1 aliphatic rings. The standard InChI is InChI=1S/C20H17N5O3S/c26-15(23-24-17-11-5-1-3-7-13(11)22-18(17)27)9-25-10-21-19-16(20(25)28)12-6-2-4-8-14(12)29-19/h1,3,5,7,10,22,27H,2,4,6,8-9H2. The highest BCUT2D eigenvalue weighted by Gasteiger charge is 2.20. The van der Waals surface area contributed by atoms with E-state index in [0.29, 0.717) is 16.3 Å². The van der Waals surface area contributed by atoms with Crippen molar-refractivity contribution >= 4 is 44.1 Å². The van der Waals surface area contributed by atoms with E-state index in [1.165, 1.54) is 15.8 Å². The quantitative estimate of drug-likeness (QED) is 0.502. The van der Waals surface area contributed by atoms with Gasteiger partial charge in [-0.25, -0.2) is 4.98 Å². The number of aromatic amines is 1. The number of amides is 1. The maximum absolute atomic E-state index is 12.9. The van der Waals surface area contributed by atoms with Crippen molar-refractivity contribution in [3.63, 3.8) is 0 Å². The number of hydrogen-bond donors (Lipinski definition) is 2. The number of aromatic nitrogens is 3. The highest BCUT2D eigenvalue weighted by Crippen LogP contribution is 2.35. The third-order valence-corrected chi connectivity index (χ3v) is 6.37. The summed E-state index contributed by atoms with van der Waals surface area (Å²) in [5, 5.41) is 18.9. The molecule has 8 nitrogen and oxygen atoms in total. The molecule has 4 aromatic rings. The summed E-state index contributed by atoms with van der Waals surface area (Å²) in [6.45, 7) is -0.251. The zero-order valence-electron chi connectivity index (χ0n) is 15.4. The lowest BCUT2D eigenvalue weighted by Gasteiger charge is -2.10. The molecule has 0 bridgehead atoms. The molecule has 0 radical (unpaired) electrons. The van der Waals surface area contributed by atoms with Crippen LogP contribution in [0.15, 0.2) is 45.6 Å². The average Bonchev–Trinajstić information content (AvgIpc) is 3.25. The van der Waals surface area contributed by atoms with Gasteiger partial charge in [-0.15, -0.1) is 21.6 Å². The number of azo groups is 1. The van der Waals surface area contributed by atoms with Crippen LogP contribution in [0.3, 0.4) is 0 Å². The third kappa shape index (κ3) is 3.03. The summed E-state index contributed by atoms with van der Waals surface area (Å²) >= 11 is 1.57. The third-order valence-electron chi connectivity index (χ3n) is 5.17. The smallest absolute Gasteiger partial charge is 0.284 e. The van der Waals surface area contributed by atoms with Crippen molar-refractivity contribution in [2.45, 2.75) is 32.2 Å². The first-order valence-electron chi connectivity index (χ1n) is 9.36. The van der Waals surface area contributed by atoms with Crippen LogP contribution in [0.2, 0.25) is 0 Å². The largest absolute Gasteiger partial charge is 0.493 e. The number of rotatable bonds is 3. The van der Waals surface area contributed by atoms with Gasteiger partial charge in [0.1, 0.15) is 11.4 Å². The van der Waals surface area contributed by atoms with Crippen molar-refractivity contribution in [2.75, 3.05) is 0 Å². The van der Waals surface area contributed by atoms with E-state index in [0.717, 1.165) is 36.1 Å². The molecule has 2 N–H and O–H groups in total. The predicted molar refractivity (Wildman–Crippen MR) is 110 cm³/mol. The Morgan fingerprint density at radius 2 is 2.10 bits per heavy atom. The Bertz CT molecular complexity index is 1350. The van der Waals surface area contributed by atoms with Crippen LogP contribution in [-0.2, 0) is 24.2 Å². The number of fused-ring (bicyclic) bond motifs is 4.